The highest BCUT2D eigenvalue weighted by molar-refractivity contribution is 5.78. The number of aromatic nitrogens is 2. The van der Waals surface area contributed by atoms with Crippen LogP contribution in [0.15, 0.2) is 52.1 Å². The van der Waals surface area contributed by atoms with E-state index in [0.717, 1.165) is 28.6 Å². The summed E-state index contributed by atoms with van der Waals surface area (Å²) >= 11 is 0. The van der Waals surface area contributed by atoms with Crippen molar-refractivity contribution < 1.29 is 0 Å². The molecule has 2 aromatic carbocycles. The van der Waals surface area contributed by atoms with Gasteiger partial charge in [0.25, 0.3) is 5.56 Å². The predicted octanol–water partition coefficient (Wildman–Crippen LogP) is 3.24. The fourth-order valence-corrected chi connectivity index (χ4v) is 2.99. The number of rotatable bonds is 4. The summed E-state index contributed by atoms with van der Waals surface area (Å²) in [4.78, 5) is 25.8. The summed E-state index contributed by atoms with van der Waals surface area (Å²) in [5.41, 5.74) is 3.39. The first-order valence-corrected chi connectivity index (χ1v) is 8.31. The molecule has 0 unspecified atom stereocenters. The van der Waals surface area contributed by atoms with E-state index in [9.17, 15) is 9.59 Å². The van der Waals surface area contributed by atoms with Crippen LogP contribution >= 0.6 is 0 Å². The van der Waals surface area contributed by atoms with Crippen molar-refractivity contribution >= 4 is 10.9 Å². The minimum atomic E-state index is -0.237. The van der Waals surface area contributed by atoms with Crippen LogP contribution in [0.5, 0.6) is 0 Å². The van der Waals surface area contributed by atoms with E-state index in [0.29, 0.717) is 18.5 Å². The second kappa shape index (κ2) is 6.48. The molecule has 0 fully saturated rings. The maximum atomic E-state index is 12.9. The summed E-state index contributed by atoms with van der Waals surface area (Å²) in [6.45, 7) is 6.90. The van der Waals surface area contributed by atoms with Gasteiger partial charge in [-0.1, -0.05) is 48.4 Å². The van der Waals surface area contributed by atoms with Crippen LogP contribution in [0.4, 0.5) is 0 Å². The number of nitrogens with zero attached hydrogens (tertiary/aromatic N) is 2. The van der Waals surface area contributed by atoms with Crippen molar-refractivity contribution in [3.8, 4) is 0 Å². The second-order valence-electron chi connectivity index (χ2n) is 6.33. The summed E-state index contributed by atoms with van der Waals surface area (Å²) in [5, 5.41) is 0.607. The summed E-state index contributed by atoms with van der Waals surface area (Å²) in [7, 11) is 0. The van der Waals surface area contributed by atoms with Gasteiger partial charge >= 0.3 is 5.69 Å². The van der Waals surface area contributed by atoms with Crippen LogP contribution in [0.25, 0.3) is 10.9 Å². The predicted molar refractivity (Wildman–Crippen MR) is 97.8 cm³/mol. The molecule has 4 nitrogen and oxygen atoms in total. The highest BCUT2D eigenvalue weighted by atomic mass is 16.2. The van der Waals surface area contributed by atoms with Gasteiger partial charge in [0.1, 0.15) is 0 Å². The minimum absolute atomic E-state index is 0.216. The highest BCUT2D eigenvalue weighted by Crippen LogP contribution is 2.12. The normalized spacial score (nSPS) is 11.1. The lowest BCUT2D eigenvalue weighted by Crippen LogP contribution is -2.40. The molecule has 4 heteroatoms. The molecule has 0 amide bonds. The Labute approximate surface area is 141 Å². The quantitative estimate of drug-likeness (QED) is 0.740. The lowest BCUT2D eigenvalue weighted by atomic mass is 10.1. The Balaban J connectivity index is 2.25. The molecule has 3 rings (SSSR count). The third-order valence-corrected chi connectivity index (χ3v) is 4.29. The molecule has 0 aliphatic rings. The Bertz CT molecular complexity index is 995. The molecule has 1 aromatic heterocycles. The van der Waals surface area contributed by atoms with Crippen molar-refractivity contribution in [2.45, 2.75) is 40.3 Å². The van der Waals surface area contributed by atoms with E-state index >= 15 is 0 Å². The van der Waals surface area contributed by atoms with Crippen LogP contribution in [0.1, 0.15) is 30.0 Å². The molecule has 0 saturated heterocycles. The van der Waals surface area contributed by atoms with Crippen molar-refractivity contribution in [3.63, 3.8) is 0 Å². The van der Waals surface area contributed by atoms with Gasteiger partial charge in [0.05, 0.1) is 17.4 Å². The Morgan fingerprint density at radius 2 is 1.54 bits per heavy atom. The van der Waals surface area contributed by atoms with Crippen LogP contribution in [0, 0.1) is 13.8 Å². The van der Waals surface area contributed by atoms with Crippen LogP contribution < -0.4 is 11.2 Å². The van der Waals surface area contributed by atoms with Gasteiger partial charge in [0.2, 0.25) is 0 Å². The lowest BCUT2D eigenvalue weighted by Gasteiger charge is -2.14. The number of aryl methyl sites for hydroxylation is 3. The zero-order chi connectivity index (χ0) is 17.3. The summed E-state index contributed by atoms with van der Waals surface area (Å²) in [5.74, 6) is 0. The van der Waals surface area contributed by atoms with E-state index in [2.05, 4.69) is 0 Å². The molecule has 0 aliphatic heterocycles. The van der Waals surface area contributed by atoms with Crippen molar-refractivity contribution in [2.75, 3.05) is 0 Å². The molecule has 1 heterocycles. The third kappa shape index (κ3) is 2.92. The van der Waals surface area contributed by atoms with Crippen molar-refractivity contribution in [1.82, 2.24) is 9.13 Å². The van der Waals surface area contributed by atoms with Gasteiger partial charge in [-0.2, -0.15) is 0 Å². The maximum absolute atomic E-state index is 12.9. The van der Waals surface area contributed by atoms with E-state index in [1.807, 2.05) is 63.2 Å². The summed E-state index contributed by atoms with van der Waals surface area (Å²) < 4.78 is 3.06. The van der Waals surface area contributed by atoms with Gasteiger partial charge in [-0.05, 0) is 38.0 Å². The van der Waals surface area contributed by atoms with Crippen molar-refractivity contribution in [1.29, 1.82) is 0 Å². The highest BCUT2D eigenvalue weighted by Gasteiger charge is 2.13. The van der Waals surface area contributed by atoms with Gasteiger partial charge in [-0.15, -0.1) is 0 Å². The van der Waals surface area contributed by atoms with E-state index in [1.165, 1.54) is 4.57 Å². The van der Waals surface area contributed by atoms with Crippen molar-refractivity contribution in [2.24, 2.45) is 0 Å². The number of hydrogen-bond donors (Lipinski definition) is 0. The second-order valence-corrected chi connectivity index (χ2v) is 6.33. The molecule has 0 atom stereocenters. The fourth-order valence-electron chi connectivity index (χ4n) is 2.99. The number of benzene rings is 2. The van der Waals surface area contributed by atoms with Crippen molar-refractivity contribution in [3.05, 3.63) is 80.0 Å². The average molecular weight is 322 g/mol. The topological polar surface area (TPSA) is 44.0 Å². The van der Waals surface area contributed by atoms with Crippen LogP contribution in [0.2, 0.25) is 0 Å². The van der Waals surface area contributed by atoms with E-state index < -0.39 is 0 Å². The Kier molecular flexibility index (Phi) is 4.38. The van der Waals surface area contributed by atoms with Gasteiger partial charge in [-0.3, -0.25) is 13.9 Å². The Morgan fingerprint density at radius 3 is 2.21 bits per heavy atom. The molecule has 0 spiro atoms. The molecular formula is C20H22N2O2. The van der Waals surface area contributed by atoms with Gasteiger partial charge in [0, 0.05) is 6.54 Å². The molecular weight excluding hydrogens is 300 g/mol. The first-order chi connectivity index (χ1) is 11.5. The van der Waals surface area contributed by atoms with Crippen LogP contribution in [0.3, 0.4) is 0 Å². The van der Waals surface area contributed by atoms with Gasteiger partial charge in [0.15, 0.2) is 0 Å². The average Bonchev–Trinajstić information content (AvgIpc) is 2.57. The standard InChI is InChI=1S/C20H22N2O2/c1-4-11-21-18-10-7-15(3)12-17(18)19(23)22(20(21)24)13-16-8-5-14(2)6-9-16/h5-10,12H,4,11,13H2,1-3H3. The Hall–Kier alpha value is -2.62. The summed E-state index contributed by atoms with van der Waals surface area (Å²) in [6, 6.07) is 13.6. The SMILES string of the molecule is CCCn1c(=O)n(Cc2ccc(C)cc2)c(=O)c2cc(C)ccc21. The van der Waals surface area contributed by atoms with Crippen LogP contribution in [-0.4, -0.2) is 9.13 Å². The maximum Gasteiger partial charge on any atom is 0.331 e. The lowest BCUT2D eigenvalue weighted by molar-refractivity contribution is 0.593. The first-order valence-electron chi connectivity index (χ1n) is 8.31. The van der Waals surface area contributed by atoms with Gasteiger partial charge in [-0.25, -0.2) is 4.79 Å². The summed E-state index contributed by atoms with van der Waals surface area (Å²) in [6.07, 6.45) is 0.839. The monoisotopic (exact) mass is 322 g/mol. The van der Waals surface area contributed by atoms with E-state index in [4.69, 9.17) is 0 Å². The minimum Gasteiger partial charge on any atom is -0.293 e. The molecule has 124 valence electrons. The van der Waals surface area contributed by atoms with Gasteiger partial charge < -0.3 is 0 Å². The van der Waals surface area contributed by atoms with E-state index in [-0.39, 0.29) is 11.2 Å². The third-order valence-electron chi connectivity index (χ3n) is 4.29. The Morgan fingerprint density at radius 1 is 0.875 bits per heavy atom. The zero-order valence-corrected chi connectivity index (χ0v) is 14.4. The molecule has 0 aliphatic carbocycles. The molecule has 3 aromatic rings. The van der Waals surface area contributed by atoms with E-state index in [1.54, 1.807) is 4.57 Å². The first kappa shape index (κ1) is 16.2. The molecule has 0 saturated carbocycles. The number of fused-ring (bicyclic) bond motifs is 1. The molecule has 0 N–H and O–H groups in total. The number of hydrogen-bond acceptors (Lipinski definition) is 2. The zero-order valence-electron chi connectivity index (χ0n) is 14.4. The fraction of sp³-hybridized carbons (Fsp3) is 0.300. The molecule has 24 heavy (non-hydrogen) atoms. The van der Waals surface area contributed by atoms with Crippen LogP contribution in [-0.2, 0) is 13.1 Å². The molecule has 0 bridgehead atoms. The largest absolute Gasteiger partial charge is 0.331 e. The molecule has 0 radical (unpaired) electrons. The smallest absolute Gasteiger partial charge is 0.293 e.